The summed E-state index contributed by atoms with van der Waals surface area (Å²) < 4.78 is 19.0. The summed E-state index contributed by atoms with van der Waals surface area (Å²) in [6, 6.07) is 16.5. The van der Waals surface area contributed by atoms with Crippen molar-refractivity contribution in [3.8, 4) is 28.8 Å². The maximum absolute atomic E-state index is 12.1. The number of fused-ring (bicyclic) bond motifs is 1. The fourth-order valence-electron chi connectivity index (χ4n) is 3.20. The van der Waals surface area contributed by atoms with E-state index in [0.29, 0.717) is 41.8 Å². The molecule has 0 aliphatic heterocycles. The fourth-order valence-corrected chi connectivity index (χ4v) is 3.46. The van der Waals surface area contributed by atoms with Crippen molar-refractivity contribution < 1.29 is 19.0 Å². The average molecular weight is 512 g/mol. The van der Waals surface area contributed by atoms with Crippen LogP contribution in [0.2, 0.25) is 0 Å². The van der Waals surface area contributed by atoms with E-state index >= 15 is 0 Å². The van der Waals surface area contributed by atoms with E-state index in [4.69, 9.17) is 14.2 Å². The minimum atomic E-state index is -0.0722. The lowest BCUT2D eigenvalue weighted by molar-refractivity contribution is -0.120. The number of aromatic nitrogens is 4. The predicted octanol–water partition coefficient (Wildman–Crippen LogP) is 3.31. The van der Waals surface area contributed by atoms with Gasteiger partial charge in [-0.1, -0.05) is 28.1 Å². The quantitative estimate of drug-likeness (QED) is 0.344. The lowest BCUT2D eigenvalue weighted by Gasteiger charge is -2.10. The lowest BCUT2D eigenvalue weighted by Crippen LogP contribution is -2.29. The number of rotatable bonds is 9. The third-order valence-electron chi connectivity index (χ3n) is 4.84. The van der Waals surface area contributed by atoms with Crippen molar-refractivity contribution >= 4 is 27.5 Å². The van der Waals surface area contributed by atoms with E-state index in [1.54, 1.807) is 36.9 Å². The van der Waals surface area contributed by atoms with Crippen LogP contribution in [0.4, 0.5) is 0 Å². The minimum Gasteiger partial charge on any atom is -0.497 e. The molecule has 1 amide bonds. The molecular formula is C23H22BrN5O4. The van der Waals surface area contributed by atoms with Gasteiger partial charge in [0.05, 0.1) is 32.7 Å². The number of benzene rings is 2. The van der Waals surface area contributed by atoms with Crippen LogP contribution in [-0.4, -0.2) is 53.1 Å². The second-order valence-corrected chi connectivity index (χ2v) is 7.95. The third-order valence-corrected chi connectivity index (χ3v) is 5.37. The van der Waals surface area contributed by atoms with Crippen LogP contribution < -0.4 is 19.5 Å². The predicted molar refractivity (Wildman–Crippen MR) is 126 cm³/mol. The smallest absolute Gasteiger partial charge is 0.231 e. The van der Waals surface area contributed by atoms with Crippen LogP contribution >= 0.6 is 15.9 Å². The Morgan fingerprint density at radius 1 is 1.03 bits per heavy atom. The van der Waals surface area contributed by atoms with Gasteiger partial charge in [-0.3, -0.25) is 4.79 Å². The van der Waals surface area contributed by atoms with Gasteiger partial charge in [0.25, 0.3) is 0 Å². The van der Waals surface area contributed by atoms with E-state index in [1.165, 1.54) is 0 Å². The maximum atomic E-state index is 12.1. The molecule has 4 aromatic rings. The maximum Gasteiger partial charge on any atom is 0.231 e. The molecule has 10 heteroatoms. The Kier molecular flexibility index (Phi) is 7.04. The van der Waals surface area contributed by atoms with Gasteiger partial charge in [0.15, 0.2) is 11.5 Å². The molecule has 170 valence electrons. The number of carbonyl (C=O) groups is 1. The standard InChI is InChI=1S/C23H22BrN5O4/c1-31-17-7-8-18(19(14-17)32-2)23-27-26-20-9-10-22(28-29(20)23)33-12-11-25-21(30)13-15-3-5-16(24)6-4-15/h3-10,14H,11-13H2,1-2H3,(H,25,30). The van der Waals surface area contributed by atoms with Crippen molar-refractivity contribution in [1.29, 1.82) is 0 Å². The van der Waals surface area contributed by atoms with Gasteiger partial charge in [-0.25, -0.2) is 0 Å². The Labute approximate surface area is 198 Å². The third kappa shape index (κ3) is 5.40. The molecule has 0 saturated heterocycles. The Hall–Kier alpha value is -3.66. The Morgan fingerprint density at radius 2 is 1.85 bits per heavy atom. The summed E-state index contributed by atoms with van der Waals surface area (Å²) in [7, 11) is 3.17. The summed E-state index contributed by atoms with van der Waals surface area (Å²) in [6.45, 7) is 0.629. The van der Waals surface area contributed by atoms with Crippen molar-refractivity contribution in [3.63, 3.8) is 0 Å². The monoisotopic (exact) mass is 511 g/mol. The van der Waals surface area contributed by atoms with Crippen LogP contribution in [0.5, 0.6) is 17.4 Å². The van der Waals surface area contributed by atoms with Gasteiger partial charge < -0.3 is 19.5 Å². The number of halogens is 1. The first-order valence-electron chi connectivity index (χ1n) is 10.2. The average Bonchev–Trinajstić information content (AvgIpc) is 3.26. The number of nitrogens with zero attached hydrogens (tertiary/aromatic N) is 4. The fraction of sp³-hybridized carbons (Fsp3) is 0.217. The Bertz CT molecular complexity index is 1260. The van der Waals surface area contributed by atoms with Gasteiger partial charge in [0.1, 0.15) is 18.1 Å². The van der Waals surface area contributed by atoms with Crippen LogP contribution in [0, 0.1) is 0 Å². The molecule has 9 nitrogen and oxygen atoms in total. The largest absolute Gasteiger partial charge is 0.497 e. The summed E-state index contributed by atoms with van der Waals surface area (Å²) in [5, 5.41) is 15.8. The molecule has 0 aliphatic rings. The zero-order chi connectivity index (χ0) is 23.2. The number of ether oxygens (including phenoxy) is 3. The first-order valence-corrected chi connectivity index (χ1v) is 11.0. The van der Waals surface area contributed by atoms with Gasteiger partial charge in [-0.2, -0.15) is 4.52 Å². The SMILES string of the molecule is COc1ccc(-c2nnc3ccc(OCCNC(=O)Cc4ccc(Br)cc4)nn23)c(OC)c1. The van der Waals surface area contributed by atoms with Crippen molar-refractivity contribution in [2.75, 3.05) is 27.4 Å². The zero-order valence-electron chi connectivity index (χ0n) is 18.1. The first-order chi connectivity index (χ1) is 16.1. The molecule has 2 aromatic carbocycles. The van der Waals surface area contributed by atoms with Crippen molar-refractivity contribution in [1.82, 2.24) is 25.1 Å². The highest BCUT2D eigenvalue weighted by atomic mass is 79.9. The topological polar surface area (TPSA) is 99.9 Å². The van der Waals surface area contributed by atoms with E-state index in [2.05, 4.69) is 36.5 Å². The molecule has 0 spiro atoms. The van der Waals surface area contributed by atoms with Gasteiger partial charge in [-0.05, 0) is 35.9 Å². The van der Waals surface area contributed by atoms with Crippen LogP contribution in [0.3, 0.4) is 0 Å². The second-order valence-electron chi connectivity index (χ2n) is 7.03. The first kappa shape index (κ1) is 22.5. The molecule has 0 fully saturated rings. The van der Waals surface area contributed by atoms with Gasteiger partial charge >= 0.3 is 0 Å². The molecule has 0 bridgehead atoms. The number of hydrogen-bond donors (Lipinski definition) is 1. The summed E-state index contributed by atoms with van der Waals surface area (Å²) in [5.74, 6) is 2.09. The van der Waals surface area contributed by atoms with E-state index in [9.17, 15) is 4.79 Å². The molecule has 0 atom stereocenters. The molecule has 1 N–H and O–H groups in total. The highest BCUT2D eigenvalue weighted by Crippen LogP contribution is 2.32. The number of nitrogens with one attached hydrogen (secondary N) is 1. The molecule has 2 heterocycles. The normalized spacial score (nSPS) is 10.8. The minimum absolute atomic E-state index is 0.0722. The molecule has 0 radical (unpaired) electrons. The number of carbonyl (C=O) groups excluding carboxylic acids is 1. The Balaban J connectivity index is 1.39. The molecule has 33 heavy (non-hydrogen) atoms. The lowest BCUT2D eigenvalue weighted by atomic mass is 10.1. The van der Waals surface area contributed by atoms with Gasteiger partial charge in [0.2, 0.25) is 11.8 Å². The molecule has 2 aromatic heterocycles. The molecule has 0 saturated carbocycles. The number of hydrogen-bond acceptors (Lipinski definition) is 7. The van der Waals surface area contributed by atoms with Crippen LogP contribution in [0.1, 0.15) is 5.56 Å². The molecule has 0 aliphatic carbocycles. The Morgan fingerprint density at radius 3 is 2.61 bits per heavy atom. The number of methoxy groups -OCH3 is 2. The van der Waals surface area contributed by atoms with Gasteiger partial charge in [0, 0.05) is 16.6 Å². The van der Waals surface area contributed by atoms with Crippen molar-refractivity contribution in [2.24, 2.45) is 0 Å². The molecule has 0 unspecified atom stereocenters. The van der Waals surface area contributed by atoms with Crippen molar-refractivity contribution in [2.45, 2.75) is 6.42 Å². The summed E-state index contributed by atoms with van der Waals surface area (Å²) >= 11 is 3.38. The van der Waals surface area contributed by atoms with Crippen LogP contribution in [-0.2, 0) is 11.2 Å². The van der Waals surface area contributed by atoms with Crippen molar-refractivity contribution in [3.05, 3.63) is 64.6 Å². The second kappa shape index (κ2) is 10.3. The van der Waals surface area contributed by atoms with Crippen LogP contribution in [0.15, 0.2) is 59.1 Å². The molecule has 4 rings (SSSR count). The van der Waals surface area contributed by atoms with E-state index < -0.39 is 0 Å². The molecular weight excluding hydrogens is 490 g/mol. The number of amides is 1. The summed E-state index contributed by atoms with van der Waals surface area (Å²) in [5.41, 5.74) is 2.23. The highest BCUT2D eigenvalue weighted by molar-refractivity contribution is 9.10. The van der Waals surface area contributed by atoms with Gasteiger partial charge in [-0.15, -0.1) is 15.3 Å². The van der Waals surface area contributed by atoms with Crippen LogP contribution in [0.25, 0.3) is 17.0 Å². The summed E-state index contributed by atoms with van der Waals surface area (Å²) in [4.78, 5) is 12.1. The van der Waals surface area contributed by atoms with E-state index in [0.717, 1.165) is 15.6 Å². The summed E-state index contributed by atoms with van der Waals surface area (Å²) in [6.07, 6.45) is 0.311. The zero-order valence-corrected chi connectivity index (χ0v) is 19.7. The van der Waals surface area contributed by atoms with E-state index in [-0.39, 0.29) is 12.5 Å². The highest BCUT2D eigenvalue weighted by Gasteiger charge is 2.16. The van der Waals surface area contributed by atoms with E-state index in [1.807, 2.05) is 36.4 Å².